The first-order valence-corrected chi connectivity index (χ1v) is 5.45. The molecule has 1 atom stereocenters. The number of nitrogens with zero attached hydrogens (tertiary/aromatic N) is 1. The summed E-state index contributed by atoms with van der Waals surface area (Å²) < 4.78 is 5.32. The molecule has 3 nitrogen and oxygen atoms in total. The van der Waals surface area contributed by atoms with Crippen molar-refractivity contribution in [3.8, 4) is 0 Å². The molecule has 0 amide bonds. The van der Waals surface area contributed by atoms with Gasteiger partial charge in [0.1, 0.15) is 0 Å². The van der Waals surface area contributed by atoms with Gasteiger partial charge in [0.2, 0.25) is 0 Å². The quantitative estimate of drug-likeness (QED) is 0.862. The predicted molar refractivity (Wildman–Crippen MR) is 69.3 cm³/mol. The Morgan fingerprint density at radius 1 is 1.19 bits per heavy atom. The number of anilines is 1. The van der Waals surface area contributed by atoms with Gasteiger partial charge < -0.3 is 15.4 Å². The maximum atomic E-state index is 5.81. The molecule has 1 fully saturated rings. The van der Waals surface area contributed by atoms with Crippen LogP contribution in [0.1, 0.15) is 18.5 Å². The zero-order valence-corrected chi connectivity index (χ0v) is 10.4. The van der Waals surface area contributed by atoms with Gasteiger partial charge in [-0.05, 0) is 24.6 Å². The summed E-state index contributed by atoms with van der Waals surface area (Å²) in [5.74, 6) is 0. The van der Waals surface area contributed by atoms with E-state index in [4.69, 9.17) is 10.5 Å². The summed E-state index contributed by atoms with van der Waals surface area (Å²) in [5, 5.41) is 0. The largest absolute Gasteiger partial charge is 0.378 e. The number of hydrogen-bond donors (Lipinski definition) is 1. The van der Waals surface area contributed by atoms with Crippen LogP contribution in [-0.2, 0) is 4.74 Å². The minimum Gasteiger partial charge on any atom is -0.378 e. The van der Waals surface area contributed by atoms with Gasteiger partial charge in [-0.3, -0.25) is 0 Å². The van der Waals surface area contributed by atoms with Crippen LogP contribution in [0.15, 0.2) is 24.3 Å². The minimum atomic E-state index is 0. The molecule has 2 rings (SSSR count). The standard InChI is InChI=1S/C12H18N2O.ClH/c1-10(13)11-2-4-12(5-3-11)14-6-8-15-9-7-14;/h2-5,10H,6-9,13H2,1H3;1H. The highest BCUT2D eigenvalue weighted by Gasteiger charge is 2.10. The second kappa shape index (κ2) is 6.09. The SMILES string of the molecule is CC(N)c1ccc(N2CCOCC2)cc1.Cl. The third-order valence-electron chi connectivity index (χ3n) is 2.80. The third-order valence-corrected chi connectivity index (χ3v) is 2.80. The number of morpholine rings is 1. The fourth-order valence-corrected chi connectivity index (χ4v) is 1.81. The van der Waals surface area contributed by atoms with Gasteiger partial charge in [-0.2, -0.15) is 0 Å². The van der Waals surface area contributed by atoms with Crippen molar-refractivity contribution in [2.75, 3.05) is 31.2 Å². The molecule has 16 heavy (non-hydrogen) atoms. The summed E-state index contributed by atoms with van der Waals surface area (Å²) in [5.41, 5.74) is 8.26. The lowest BCUT2D eigenvalue weighted by Gasteiger charge is -2.29. The molecule has 90 valence electrons. The van der Waals surface area contributed by atoms with E-state index in [0.29, 0.717) is 0 Å². The molecule has 4 heteroatoms. The van der Waals surface area contributed by atoms with Crippen molar-refractivity contribution in [3.05, 3.63) is 29.8 Å². The van der Waals surface area contributed by atoms with Crippen LogP contribution in [0.5, 0.6) is 0 Å². The van der Waals surface area contributed by atoms with E-state index in [-0.39, 0.29) is 18.4 Å². The molecular formula is C12H19ClN2O. The average molecular weight is 243 g/mol. The fourth-order valence-electron chi connectivity index (χ4n) is 1.81. The Hall–Kier alpha value is -0.770. The van der Waals surface area contributed by atoms with Crippen LogP contribution in [-0.4, -0.2) is 26.3 Å². The lowest BCUT2D eigenvalue weighted by Crippen LogP contribution is -2.36. The zero-order valence-electron chi connectivity index (χ0n) is 9.56. The molecule has 1 aliphatic rings. The maximum Gasteiger partial charge on any atom is 0.0642 e. The van der Waals surface area contributed by atoms with Crippen molar-refractivity contribution >= 4 is 18.1 Å². The number of hydrogen-bond acceptors (Lipinski definition) is 3. The van der Waals surface area contributed by atoms with Gasteiger partial charge in [-0.15, -0.1) is 12.4 Å². The van der Waals surface area contributed by atoms with Gasteiger partial charge in [0, 0.05) is 24.8 Å². The Bertz CT molecular complexity index is 307. The van der Waals surface area contributed by atoms with Crippen LogP contribution in [0.25, 0.3) is 0 Å². The minimum absolute atomic E-state index is 0. The smallest absolute Gasteiger partial charge is 0.0642 e. The summed E-state index contributed by atoms with van der Waals surface area (Å²) in [4.78, 5) is 2.34. The maximum absolute atomic E-state index is 5.81. The van der Waals surface area contributed by atoms with Crippen molar-refractivity contribution in [2.45, 2.75) is 13.0 Å². The third kappa shape index (κ3) is 3.11. The average Bonchev–Trinajstić information content (AvgIpc) is 2.30. The lowest BCUT2D eigenvalue weighted by molar-refractivity contribution is 0.122. The van der Waals surface area contributed by atoms with Gasteiger partial charge in [0.15, 0.2) is 0 Å². The highest BCUT2D eigenvalue weighted by molar-refractivity contribution is 5.85. The molecule has 0 radical (unpaired) electrons. The Morgan fingerprint density at radius 3 is 2.25 bits per heavy atom. The summed E-state index contributed by atoms with van der Waals surface area (Å²) >= 11 is 0. The summed E-state index contributed by atoms with van der Waals surface area (Å²) in [6, 6.07) is 8.61. The topological polar surface area (TPSA) is 38.5 Å². The first-order valence-electron chi connectivity index (χ1n) is 5.45. The van der Waals surface area contributed by atoms with Gasteiger partial charge in [-0.25, -0.2) is 0 Å². The molecule has 1 heterocycles. The van der Waals surface area contributed by atoms with Crippen LogP contribution in [0.4, 0.5) is 5.69 Å². The molecule has 1 aliphatic heterocycles. The molecule has 0 aliphatic carbocycles. The molecule has 0 saturated carbocycles. The lowest BCUT2D eigenvalue weighted by atomic mass is 10.1. The second-order valence-electron chi connectivity index (χ2n) is 3.98. The van der Waals surface area contributed by atoms with Gasteiger partial charge >= 0.3 is 0 Å². The number of nitrogens with two attached hydrogens (primary N) is 1. The molecule has 1 saturated heterocycles. The summed E-state index contributed by atoms with van der Waals surface area (Å²) in [6.07, 6.45) is 0. The van der Waals surface area contributed by atoms with Gasteiger partial charge in [0.25, 0.3) is 0 Å². The first-order chi connectivity index (χ1) is 7.27. The van der Waals surface area contributed by atoms with Crippen molar-refractivity contribution in [2.24, 2.45) is 5.73 Å². The van der Waals surface area contributed by atoms with Crippen molar-refractivity contribution in [3.63, 3.8) is 0 Å². The molecule has 0 aromatic heterocycles. The monoisotopic (exact) mass is 242 g/mol. The van der Waals surface area contributed by atoms with E-state index in [9.17, 15) is 0 Å². The van der Waals surface area contributed by atoms with E-state index in [1.807, 2.05) is 6.92 Å². The van der Waals surface area contributed by atoms with Gasteiger partial charge in [-0.1, -0.05) is 12.1 Å². The molecule has 1 aromatic rings. The van der Waals surface area contributed by atoms with Crippen LogP contribution >= 0.6 is 12.4 Å². The number of benzene rings is 1. The highest BCUT2D eigenvalue weighted by Crippen LogP contribution is 2.18. The molecule has 0 spiro atoms. The van der Waals surface area contributed by atoms with E-state index in [2.05, 4.69) is 29.2 Å². The molecule has 1 aromatic carbocycles. The predicted octanol–water partition coefficient (Wildman–Crippen LogP) is 1.96. The molecule has 1 unspecified atom stereocenters. The zero-order chi connectivity index (χ0) is 10.7. The van der Waals surface area contributed by atoms with Crippen molar-refractivity contribution < 1.29 is 4.74 Å². The Morgan fingerprint density at radius 2 is 1.75 bits per heavy atom. The second-order valence-corrected chi connectivity index (χ2v) is 3.98. The Kier molecular flexibility index (Phi) is 5.06. The Balaban J connectivity index is 0.00000128. The normalized spacial score (nSPS) is 17.8. The van der Waals surface area contributed by atoms with E-state index in [0.717, 1.165) is 26.3 Å². The van der Waals surface area contributed by atoms with Crippen molar-refractivity contribution in [1.82, 2.24) is 0 Å². The number of ether oxygens (including phenoxy) is 1. The number of rotatable bonds is 2. The molecular weight excluding hydrogens is 224 g/mol. The van der Waals surface area contributed by atoms with E-state index in [1.165, 1.54) is 11.3 Å². The van der Waals surface area contributed by atoms with E-state index < -0.39 is 0 Å². The summed E-state index contributed by atoms with van der Waals surface area (Å²) in [7, 11) is 0. The molecule has 2 N–H and O–H groups in total. The number of halogens is 1. The van der Waals surface area contributed by atoms with Crippen LogP contribution < -0.4 is 10.6 Å². The highest BCUT2D eigenvalue weighted by atomic mass is 35.5. The van der Waals surface area contributed by atoms with E-state index >= 15 is 0 Å². The van der Waals surface area contributed by atoms with Crippen LogP contribution in [0.3, 0.4) is 0 Å². The molecule has 0 bridgehead atoms. The van der Waals surface area contributed by atoms with Crippen LogP contribution in [0.2, 0.25) is 0 Å². The van der Waals surface area contributed by atoms with Crippen molar-refractivity contribution in [1.29, 1.82) is 0 Å². The summed E-state index contributed by atoms with van der Waals surface area (Å²) in [6.45, 7) is 5.63. The van der Waals surface area contributed by atoms with E-state index in [1.54, 1.807) is 0 Å². The van der Waals surface area contributed by atoms with Crippen LogP contribution in [0, 0.1) is 0 Å². The Labute approximate surface area is 103 Å². The first kappa shape index (κ1) is 13.3. The fraction of sp³-hybridized carbons (Fsp3) is 0.500. The van der Waals surface area contributed by atoms with Gasteiger partial charge in [0.05, 0.1) is 13.2 Å².